The summed E-state index contributed by atoms with van der Waals surface area (Å²) in [5.41, 5.74) is 15.1. The van der Waals surface area contributed by atoms with Gasteiger partial charge in [-0.1, -0.05) is 115 Å². The summed E-state index contributed by atoms with van der Waals surface area (Å²) in [4.78, 5) is 94.2. The van der Waals surface area contributed by atoms with Crippen LogP contribution in [0.3, 0.4) is 0 Å². The molecule has 9 N–H and O–H groups in total. The average molecular weight is 846 g/mol. The highest BCUT2D eigenvalue weighted by atomic mass is 16.5. The largest absolute Gasteiger partial charge is 0.449 e. The fourth-order valence-electron chi connectivity index (χ4n) is 8.93. The monoisotopic (exact) mass is 845 g/mol. The Kier molecular flexibility index (Phi) is 16.3. The van der Waals surface area contributed by atoms with Gasteiger partial charge in [0.25, 0.3) is 5.91 Å². The minimum absolute atomic E-state index is 0.0402. The molecule has 2 aromatic carbocycles. The molecule has 16 heteroatoms. The van der Waals surface area contributed by atoms with Gasteiger partial charge in [-0.2, -0.15) is 0 Å². The third kappa shape index (κ3) is 11.7. The van der Waals surface area contributed by atoms with Crippen molar-refractivity contribution in [2.24, 2.45) is 29.2 Å². The number of rotatable bonds is 19. The second kappa shape index (κ2) is 21.3. The molecule has 1 saturated carbocycles. The summed E-state index contributed by atoms with van der Waals surface area (Å²) in [6, 6.07) is 10.0. The lowest BCUT2D eigenvalue weighted by atomic mass is 9.83. The number of carbonyl (C=O) groups excluding carboxylic acids is 7. The Balaban J connectivity index is 1.28. The van der Waals surface area contributed by atoms with E-state index in [4.69, 9.17) is 16.2 Å². The molecule has 0 unspecified atom stereocenters. The zero-order valence-corrected chi connectivity index (χ0v) is 35.7. The van der Waals surface area contributed by atoms with Gasteiger partial charge >= 0.3 is 6.09 Å². The van der Waals surface area contributed by atoms with Gasteiger partial charge in [-0.25, -0.2) is 4.79 Å². The van der Waals surface area contributed by atoms with Crippen molar-refractivity contribution in [1.82, 2.24) is 26.2 Å². The number of nitrogens with two attached hydrogens (primary N) is 2. The van der Waals surface area contributed by atoms with Crippen LogP contribution in [0.2, 0.25) is 0 Å². The summed E-state index contributed by atoms with van der Waals surface area (Å²) < 4.78 is 5.64. The molecule has 16 nitrogen and oxygen atoms in total. The zero-order valence-electron chi connectivity index (χ0n) is 35.7. The SMILES string of the molecule is CC[C@@H](C)[C@H](NC(=O)[C@@H]1CCCN1C(=O)[C@@H](O)[C@H](CC1CCCCC1)NC(=O)[C@H](CC(N)=O)NC(=O)OCC1c2ccccc2-c2ccccc21)C(=O)N[C@H](C(N)=O)C(C)C. The summed E-state index contributed by atoms with van der Waals surface area (Å²) >= 11 is 0. The lowest BCUT2D eigenvalue weighted by Gasteiger charge is -2.34. The van der Waals surface area contributed by atoms with Crippen molar-refractivity contribution in [2.45, 2.75) is 134 Å². The van der Waals surface area contributed by atoms with Gasteiger partial charge in [0.1, 0.15) is 30.8 Å². The minimum Gasteiger partial charge on any atom is -0.449 e. The number of ether oxygens (including phenoxy) is 1. The van der Waals surface area contributed by atoms with E-state index in [9.17, 15) is 38.7 Å². The molecule has 1 aliphatic heterocycles. The van der Waals surface area contributed by atoms with Crippen molar-refractivity contribution in [3.05, 3.63) is 59.7 Å². The maximum atomic E-state index is 14.2. The van der Waals surface area contributed by atoms with Crippen molar-refractivity contribution in [2.75, 3.05) is 13.2 Å². The van der Waals surface area contributed by atoms with E-state index < -0.39 is 84.3 Å². The first kappa shape index (κ1) is 46.6. The first-order valence-electron chi connectivity index (χ1n) is 21.7. The average Bonchev–Trinajstić information content (AvgIpc) is 3.86. The molecule has 2 fully saturated rings. The van der Waals surface area contributed by atoms with Crippen LogP contribution in [0.5, 0.6) is 0 Å². The van der Waals surface area contributed by atoms with Crippen molar-refractivity contribution in [3.63, 3.8) is 0 Å². The van der Waals surface area contributed by atoms with Crippen LogP contribution in [0.15, 0.2) is 48.5 Å². The van der Waals surface area contributed by atoms with E-state index in [1.165, 1.54) is 4.90 Å². The number of likely N-dealkylation sites (tertiary alicyclic amines) is 1. The van der Waals surface area contributed by atoms with Gasteiger partial charge in [-0.15, -0.1) is 0 Å². The molecule has 0 aromatic heterocycles. The van der Waals surface area contributed by atoms with Gasteiger partial charge in [-0.05, 0) is 59.3 Å². The van der Waals surface area contributed by atoms with Crippen LogP contribution in [0.25, 0.3) is 11.1 Å². The summed E-state index contributed by atoms with van der Waals surface area (Å²) in [5, 5.41) is 22.4. The molecule has 2 aromatic rings. The minimum atomic E-state index is -1.79. The highest BCUT2D eigenvalue weighted by Crippen LogP contribution is 2.44. The van der Waals surface area contributed by atoms with Crippen LogP contribution in [0, 0.1) is 17.8 Å². The van der Waals surface area contributed by atoms with Crippen LogP contribution < -0.4 is 32.7 Å². The number of hydrogen-bond donors (Lipinski definition) is 7. The van der Waals surface area contributed by atoms with Crippen molar-refractivity contribution >= 4 is 41.5 Å². The normalized spacial score (nSPS) is 19.3. The molecule has 1 heterocycles. The molecular weight excluding hydrogens is 783 g/mol. The van der Waals surface area contributed by atoms with Gasteiger partial charge in [0.2, 0.25) is 29.5 Å². The number of aliphatic hydroxyl groups excluding tert-OH is 1. The molecular formula is C45H63N7O9. The summed E-state index contributed by atoms with van der Waals surface area (Å²) in [6.45, 7) is 7.22. The number of aliphatic hydroxyl groups is 1. The molecule has 7 atom stereocenters. The highest BCUT2D eigenvalue weighted by Gasteiger charge is 2.42. The second-order valence-electron chi connectivity index (χ2n) is 17.2. The highest BCUT2D eigenvalue weighted by molar-refractivity contribution is 5.96. The summed E-state index contributed by atoms with van der Waals surface area (Å²) in [5.74, 6) is -5.20. The Morgan fingerprint density at radius 2 is 1.41 bits per heavy atom. The predicted molar refractivity (Wildman–Crippen MR) is 227 cm³/mol. The van der Waals surface area contributed by atoms with E-state index >= 15 is 0 Å². The fourth-order valence-corrected chi connectivity index (χ4v) is 8.93. The number of nitrogens with one attached hydrogen (secondary N) is 4. The van der Waals surface area contributed by atoms with E-state index in [-0.39, 0.29) is 49.7 Å². The number of primary amides is 2. The molecule has 332 valence electrons. The van der Waals surface area contributed by atoms with Gasteiger partial charge in [0, 0.05) is 12.5 Å². The first-order chi connectivity index (χ1) is 29.1. The number of amides is 7. The van der Waals surface area contributed by atoms with E-state index in [0.29, 0.717) is 12.8 Å². The lowest BCUT2D eigenvalue weighted by molar-refractivity contribution is -0.148. The Hall–Kier alpha value is -5.51. The Morgan fingerprint density at radius 3 is 1.98 bits per heavy atom. The standard InChI is InChI=1S/C45H63N7O9/c1-5-26(4)38(43(58)50-37(25(2)3)40(47)55)51-42(57)35-20-13-21-52(35)44(59)39(54)33(22-27-14-7-6-8-15-27)48-41(56)34(23-36(46)53)49-45(60)61-24-32-30-18-11-9-16-28(30)29-17-10-12-19-31(29)32/h9-12,16-19,25-27,32-35,37-39,54H,5-8,13-15,20-24H2,1-4H3,(H2,46,53)(H2,47,55)(H,48,56)(H,49,60)(H,50,58)(H,51,57)/t26-,33+,34+,35+,37+,38+,39+/m1/s1. The molecule has 5 rings (SSSR count). The molecule has 0 bridgehead atoms. The fraction of sp³-hybridized carbons (Fsp3) is 0.578. The molecule has 7 amide bonds. The van der Waals surface area contributed by atoms with Crippen LogP contribution in [0.1, 0.15) is 109 Å². The van der Waals surface area contributed by atoms with Crippen LogP contribution >= 0.6 is 0 Å². The molecule has 1 saturated heterocycles. The topological polar surface area (TPSA) is 252 Å². The molecule has 0 spiro atoms. The molecule has 3 aliphatic rings. The Morgan fingerprint density at radius 1 is 0.787 bits per heavy atom. The number of fused-ring (bicyclic) bond motifs is 3. The predicted octanol–water partition coefficient (Wildman–Crippen LogP) is 2.73. The van der Waals surface area contributed by atoms with Gasteiger partial charge < -0.3 is 47.5 Å². The summed E-state index contributed by atoms with van der Waals surface area (Å²) in [7, 11) is 0. The van der Waals surface area contributed by atoms with Gasteiger partial charge in [0.15, 0.2) is 6.10 Å². The third-order valence-electron chi connectivity index (χ3n) is 12.5. The number of benzene rings is 2. The maximum absolute atomic E-state index is 14.2. The Bertz CT molecular complexity index is 1870. The van der Waals surface area contributed by atoms with Crippen LogP contribution in [-0.4, -0.2) is 101 Å². The van der Waals surface area contributed by atoms with Crippen molar-refractivity contribution in [1.29, 1.82) is 0 Å². The zero-order chi connectivity index (χ0) is 44.4. The molecule has 61 heavy (non-hydrogen) atoms. The van der Waals surface area contributed by atoms with E-state index in [1.807, 2.05) is 55.5 Å². The third-order valence-corrected chi connectivity index (χ3v) is 12.5. The quantitative estimate of drug-likeness (QED) is 0.110. The van der Waals surface area contributed by atoms with Gasteiger partial charge in [0.05, 0.1) is 12.5 Å². The molecule has 2 aliphatic carbocycles. The number of nitrogens with zero attached hydrogens (tertiary/aromatic N) is 1. The second-order valence-corrected chi connectivity index (χ2v) is 17.2. The number of hydrogen-bond acceptors (Lipinski definition) is 9. The van der Waals surface area contributed by atoms with E-state index in [2.05, 4.69) is 21.3 Å². The van der Waals surface area contributed by atoms with Crippen LogP contribution in [0.4, 0.5) is 4.79 Å². The van der Waals surface area contributed by atoms with E-state index in [1.54, 1.807) is 20.8 Å². The van der Waals surface area contributed by atoms with Gasteiger partial charge in [-0.3, -0.25) is 28.8 Å². The number of carbonyl (C=O) groups is 7. The maximum Gasteiger partial charge on any atom is 0.407 e. The lowest BCUT2D eigenvalue weighted by Crippen LogP contribution is -2.60. The van der Waals surface area contributed by atoms with Crippen molar-refractivity contribution in [3.8, 4) is 11.1 Å². The molecule has 0 radical (unpaired) electrons. The summed E-state index contributed by atoms with van der Waals surface area (Å²) in [6.07, 6.45) is 2.69. The smallest absolute Gasteiger partial charge is 0.407 e. The number of alkyl carbamates (subject to hydrolysis) is 1. The Labute approximate surface area is 357 Å². The first-order valence-corrected chi connectivity index (χ1v) is 21.7. The van der Waals surface area contributed by atoms with Crippen LogP contribution in [-0.2, 0) is 33.5 Å². The van der Waals surface area contributed by atoms with Crippen molar-refractivity contribution < 1.29 is 43.4 Å². The van der Waals surface area contributed by atoms with E-state index in [0.717, 1.165) is 54.4 Å².